The maximum atomic E-state index is 18.4. The molecule has 558 valence electrons. The van der Waals surface area contributed by atoms with Crippen molar-refractivity contribution >= 4 is 23.1 Å². The standard InChI is InChI=1S/C95H119O9P/c1-18-61(7)53-97-71(17)93-51-70(16)94(69(15)44-87(98-54-62(8)19-2)92(52-93)103-58-66(12)23-6)81-38-29-27-36-75(81)77-42-40-73(45-83(77)94)105(96,72-34-25-24-26-35-72)74-41-43-78-76-37-28-30-39-82(76)95(84(78)46-74)85-49-90(101-57-65(11)22-5)88(99-55-63(9)20-3)47-79(85)80-48-89(100-56-64(10)21-4)91(50-86(80)95)102-59-67(13)32-31-33-68(14)60-104-93/h24-30,34-50,52,61-68,71H,15-16,18-23,31-33,51,53-60H2,1-14,17H3/b87-44+,92-52+. The zero-order valence-corrected chi connectivity index (χ0v) is 66.8. The Morgan fingerprint density at radius 3 is 1.45 bits per heavy atom. The van der Waals surface area contributed by atoms with Gasteiger partial charge in [0.05, 0.1) is 63.2 Å². The lowest BCUT2D eigenvalue weighted by Gasteiger charge is -2.43. The first-order chi connectivity index (χ1) is 50.6. The lowest BCUT2D eigenvalue weighted by molar-refractivity contribution is -0.126. The number of hydrogen-bond acceptors (Lipinski definition) is 9. The van der Waals surface area contributed by atoms with Gasteiger partial charge in [-0.25, -0.2) is 0 Å². The molecule has 0 saturated carbocycles. The summed E-state index contributed by atoms with van der Waals surface area (Å²) in [7, 11) is -3.93. The highest BCUT2D eigenvalue weighted by Crippen LogP contribution is 2.66. The van der Waals surface area contributed by atoms with Crippen LogP contribution in [0.5, 0.6) is 23.0 Å². The lowest BCUT2D eigenvalue weighted by atomic mass is 9.65. The molecule has 13 atom stereocenters. The zero-order chi connectivity index (χ0) is 74.5. The Hall–Kier alpha value is -7.55. The van der Waals surface area contributed by atoms with Crippen LogP contribution < -0.4 is 34.9 Å². The molecular weight excluding hydrogens is 1320 g/mol. The van der Waals surface area contributed by atoms with E-state index in [1.165, 1.54) is 0 Å². The third-order valence-electron chi connectivity index (χ3n) is 24.3. The summed E-state index contributed by atoms with van der Waals surface area (Å²) in [5.74, 6) is 6.09. The van der Waals surface area contributed by atoms with Crippen molar-refractivity contribution < 1.29 is 42.5 Å². The molecule has 0 radical (unpaired) electrons. The van der Waals surface area contributed by atoms with E-state index in [9.17, 15) is 0 Å². The number of benzene rings is 7. The van der Waals surface area contributed by atoms with Gasteiger partial charge in [-0.2, -0.15) is 0 Å². The van der Waals surface area contributed by atoms with Crippen LogP contribution in [-0.2, 0) is 34.3 Å². The molecule has 105 heavy (non-hydrogen) atoms. The van der Waals surface area contributed by atoms with Crippen molar-refractivity contribution in [2.45, 2.75) is 191 Å². The predicted octanol–water partition coefficient (Wildman–Crippen LogP) is 22.7. The second kappa shape index (κ2) is 32.9. The SMILES string of the molecule is C=C1/C=C(OCC(C)CC)\C(OCC(C)CC)=C/C2(C(C)OCC(C)CC)CC(=C)C13c1ccccc1-c1ccc(cc13)P(=O)(c1ccccc1)c1ccc3c(c1)C1(c4ccccc4-3)c3cc(OCC(C)CC)c(OCC(C)CC)cc3-c3cc(OCC(C)CC)c(cc31)OCC(C)CCCC(C)CO2. The van der Waals surface area contributed by atoms with Crippen LogP contribution in [0.1, 0.15) is 201 Å². The van der Waals surface area contributed by atoms with Crippen molar-refractivity contribution in [3.63, 3.8) is 0 Å². The molecule has 12 rings (SSSR count). The summed E-state index contributed by atoms with van der Waals surface area (Å²) in [6, 6.07) is 50.2. The monoisotopic (exact) mass is 1430 g/mol. The maximum absolute atomic E-state index is 18.4. The summed E-state index contributed by atoms with van der Waals surface area (Å²) in [4.78, 5) is 0. The molecule has 5 aliphatic rings. The van der Waals surface area contributed by atoms with Crippen LogP contribution in [0.3, 0.4) is 0 Å². The highest BCUT2D eigenvalue weighted by molar-refractivity contribution is 7.85. The fourth-order valence-corrected chi connectivity index (χ4v) is 18.7. The van der Waals surface area contributed by atoms with Crippen molar-refractivity contribution in [3.8, 4) is 56.4 Å². The van der Waals surface area contributed by atoms with Gasteiger partial charge in [0.2, 0.25) is 0 Å². The van der Waals surface area contributed by atoms with Crippen LogP contribution in [0.25, 0.3) is 33.4 Å². The minimum absolute atomic E-state index is 0.151. The predicted molar refractivity (Wildman–Crippen MR) is 434 cm³/mol. The van der Waals surface area contributed by atoms with Gasteiger partial charge in [0.1, 0.15) is 5.60 Å². The topological polar surface area (TPSA) is 90.9 Å². The molecule has 1 heterocycles. The molecule has 0 saturated heterocycles. The maximum Gasteiger partial charge on any atom is 0.171 e. The number of ether oxygens (including phenoxy) is 8. The van der Waals surface area contributed by atoms with E-state index >= 15 is 4.57 Å². The highest BCUT2D eigenvalue weighted by Gasteiger charge is 2.56. The van der Waals surface area contributed by atoms with Crippen LogP contribution in [0, 0.1) is 47.3 Å². The average molecular weight is 1440 g/mol. The Labute approximate surface area is 630 Å². The number of fused-ring (bicyclic) bond motifs is 11. The van der Waals surface area contributed by atoms with Gasteiger partial charge in [-0.1, -0.05) is 264 Å². The number of hydrogen-bond donors (Lipinski definition) is 0. The summed E-state index contributed by atoms with van der Waals surface area (Å²) in [5.41, 5.74) is 11.1. The van der Waals surface area contributed by atoms with Crippen LogP contribution in [-0.4, -0.2) is 64.6 Å². The minimum Gasteiger partial charge on any atom is -0.490 e. The van der Waals surface area contributed by atoms with E-state index in [4.69, 9.17) is 51.1 Å². The molecule has 0 N–H and O–H groups in total. The number of allylic oxidation sites excluding steroid dienone is 2. The molecule has 0 aromatic heterocycles. The van der Waals surface area contributed by atoms with E-state index in [0.29, 0.717) is 122 Å². The van der Waals surface area contributed by atoms with E-state index in [2.05, 4.69) is 237 Å². The van der Waals surface area contributed by atoms with Gasteiger partial charge in [-0.3, -0.25) is 0 Å². The Bertz CT molecular complexity index is 4370. The van der Waals surface area contributed by atoms with Crippen LogP contribution in [0.2, 0.25) is 0 Å². The quantitative estimate of drug-likeness (QED) is 0.0388. The first-order valence-electron chi connectivity index (χ1n) is 40.0. The molecule has 8 bridgehead atoms. The molecule has 0 amide bonds. The average Bonchev–Trinajstić information content (AvgIpc) is 1.52. The molecule has 1 aliphatic heterocycles. The van der Waals surface area contributed by atoms with Crippen molar-refractivity contribution in [1.82, 2.24) is 0 Å². The third-order valence-corrected chi connectivity index (χ3v) is 27.3. The number of rotatable bonds is 26. The summed E-state index contributed by atoms with van der Waals surface area (Å²) in [6.45, 7) is 48.1. The smallest absolute Gasteiger partial charge is 0.171 e. The molecule has 9 nitrogen and oxygen atoms in total. The first-order valence-corrected chi connectivity index (χ1v) is 41.7. The van der Waals surface area contributed by atoms with E-state index in [1.54, 1.807) is 0 Å². The Balaban J connectivity index is 1.17. The van der Waals surface area contributed by atoms with Gasteiger partial charge in [0, 0.05) is 28.9 Å². The molecule has 7 aromatic carbocycles. The molecule has 7 aromatic rings. The van der Waals surface area contributed by atoms with Gasteiger partial charge in [-0.05, 0) is 188 Å². The summed E-state index contributed by atoms with van der Waals surface area (Å²) < 4.78 is 76.4. The summed E-state index contributed by atoms with van der Waals surface area (Å²) in [6.07, 6.45) is 12.8. The highest BCUT2D eigenvalue weighted by atomic mass is 31.2. The van der Waals surface area contributed by atoms with Crippen LogP contribution in [0.15, 0.2) is 188 Å². The molecule has 2 spiro atoms. The van der Waals surface area contributed by atoms with Crippen molar-refractivity contribution in [2.24, 2.45) is 47.3 Å². The van der Waals surface area contributed by atoms with Gasteiger partial charge in [0.15, 0.2) is 41.7 Å². The molecular formula is C95H119O9P. The fraction of sp³-hybridized carbons (Fsp3) is 0.474. The van der Waals surface area contributed by atoms with E-state index in [-0.39, 0.29) is 23.7 Å². The molecule has 13 unspecified atom stereocenters. The van der Waals surface area contributed by atoms with E-state index in [1.807, 2.05) is 18.2 Å². The fourth-order valence-electron chi connectivity index (χ4n) is 16.0. The Morgan fingerprint density at radius 1 is 0.448 bits per heavy atom. The van der Waals surface area contributed by atoms with Gasteiger partial charge in [-0.15, -0.1) is 0 Å². The van der Waals surface area contributed by atoms with Gasteiger partial charge in [0.25, 0.3) is 0 Å². The summed E-state index contributed by atoms with van der Waals surface area (Å²) in [5, 5.41) is 2.12. The normalized spacial score (nSPS) is 24.8. The van der Waals surface area contributed by atoms with Crippen LogP contribution >= 0.6 is 7.14 Å². The Morgan fingerprint density at radius 2 is 0.886 bits per heavy atom. The first kappa shape index (κ1) is 77.1. The van der Waals surface area contributed by atoms with Crippen molar-refractivity contribution in [1.29, 1.82) is 0 Å². The molecule has 4 aliphatic carbocycles. The second-order valence-electron chi connectivity index (χ2n) is 32.3. The molecule has 10 heteroatoms. The minimum atomic E-state index is -3.93. The van der Waals surface area contributed by atoms with Gasteiger partial charge >= 0.3 is 0 Å². The largest absolute Gasteiger partial charge is 0.490 e. The van der Waals surface area contributed by atoms with Gasteiger partial charge < -0.3 is 42.5 Å². The second-order valence-corrected chi connectivity index (χ2v) is 35.1. The summed E-state index contributed by atoms with van der Waals surface area (Å²) >= 11 is 0. The van der Waals surface area contributed by atoms with Crippen molar-refractivity contribution in [3.05, 3.63) is 221 Å². The van der Waals surface area contributed by atoms with E-state index < -0.39 is 29.7 Å². The van der Waals surface area contributed by atoms with E-state index in [0.717, 1.165) is 147 Å². The third kappa shape index (κ3) is 14.8. The van der Waals surface area contributed by atoms with Crippen LogP contribution in [0.4, 0.5) is 0 Å². The zero-order valence-electron chi connectivity index (χ0n) is 65.9. The molecule has 0 fully saturated rings. The van der Waals surface area contributed by atoms with Crippen molar-refractivity contribution in [2.75, 3.05) is 52.9 Å². The lowest BCUT2D eigenvalue weighted by Crippen LogP contribution is -2.47. The Kier molecular flexibility index (Phi) is 24.1.